The van der Waals surface area contributed by atoms with Crippen molar-refractivity contribution < 1.29 is 28.5 Å². The molecule has 1 heterocycles. The highest BCUT2D eigenvalue weighted by Gasteiger charge is 2.42. The number of ether oxygens (including phenoxy) is 4. The molecule has 1 aromatic carbocycles. The highest BCUT2D eigenvalue weighted by molar-refractivity contribution is 6.42. The van der Waals surface area contributed by atoms with Crippen LogP contribution in [0, 0.1) is 17.8 Å². The summed E-state index contributed by atoms with van der Waals surface area (Å²) < 4.78 is 22.2. The molecule has 4 rings (SSSR count). The first-order chi connectivity index (χ1) is 19.4. The summed E-state index contributed by atoms with van der Waals surface area (Å²) >= 11 is 13.0. The molecule has 0 saturated heterocycles. The number of carbonyl (C=O) groups excluding carboxylic acids is 2. The van der Waals surface area contributed by atoms with Gasteiger partial charge in [0.25, 0.3) is 0 Å². The van der Waals surface area contributed by atoms with Crippen molar-refractivity contribution in [2.24, 2.45) is 23.5 Å². The highest BCUT2D eigenvalue weighted by Crippen LogP contribution is 2.51. The van der Waals surface area contributed by atoms with E-state index >= 15 is 0 Å². The largest absolute Gasteiger partial charge is 0.466 e. The number of carbonyl (C=O) groups is 2. The van der Waals surface area contributed by atoms with Gasteiger partial charge >= 0.3 is 11.9 Å². The fraction of sp³-hybridized carbons (Fsp3) is 0.600. The number of benzene rings is 1. The van der Waals surface area contributed by atoms with E-state index in [1.165, 1.54) is 32.8 Å². The molecule has 1 aliphatic heterocycles. The van der Waals surface area contributed by atoms with Crippen molar-refractivity contribution in [3.63, 3.8) is 0 Å². The van der Waals surface area contributed by atoms with Crippen LogP contribution in [0.1, 0.15) is 56.9 Å². The van der Waals surface area contributed by atoms with Crippen LogP contribution in [0.2, 0.25) is 10.0 Å². The Morgan fingerprint density at radius 1 is 1.00 bits per heavy atom. The smallest absolute Gasteiger partial charge is 0.336 e. The van der Waals surface area contributed by atoms with Crippen LogP contribution in [0.3, 0.4) is 0 Å². The molecule has 10 heteroatoms. The first-order valence-corrected chi connectivity index (χ1v) is 14.9. The average Bonchev–Trinajstić information content (AvgIpc) is 3.86. The summed E-state index contributed by atoms with van der Waals surface area (Å²) in [5, 5.41) is 3.77. The lowest BCUT2D eigenvalue weighted by atomic mass is 9.80. The van der Waals surface area contributed by atoms with E-state index in [1.54, 1.807) is 25.1 Å². The minimum atomic E-state index is -0.856. The van der Waals surface area contributed by atoms with Gasteiger partial charge in [-0.05, 0) is 74.8 Å². The van der Waals surface area contributed by atoms with Gasteiger partial charge in [-0.3, -0.25) is 0 Å². The molecule has 8 nitrogen and oxygen atoms in total. The van der Waals surface area contributed by atoms with Gasteiger partial charge in [0.2, 0.25) is 0 Å². The summed E-state index contributed by atoms with van der Waals surface area (Å²) in [7, 11) is 1.30. The number of dihydropyridines is 1. The quantitative estimate of drug-likeness (QED) is 0.200. The summed E-state index contributed by atoms with van der Waals surface area (Å²) in [4.78, 5) is 26.8. The Labute approximate surface area is 246 Å². The number of halogens is 2. The van der Waals surface area contributed by atoms with Crippen molar-refractivity contribution in [2.75, 3.05) is 46.7 Å². The second-order valence-corrected chi connectivity index (χ2v) is 11.5. The fourth-order valence-corrected chi connectivity index (χ4v) is 6.05. The third-order valence-corrected chi connectivity index (χ3v) is 8.65. The molecule has 1 aromatic rings. The van der Waals surface area contributed by atoms with Gasteiger partial charge in [0.15, 0.2) is 0 Å². The molecule has 3 N–H and O–H groups in total. The van der Waals surface area contributed by atoms with Gasteiger partial charge in [-0.25, -0.2) is 9.59 Å². The topological polar surface area (TPSA) is 109 Å². The van der Waals surface area contributed by atoms with Crippen molar-refractivity contribution in [2.45, 2.75) is 51.4 Å². The zero-order valence-corrected chi connectivity index (χ0v) is 24.8. The minimum absolute atomic E-state index is 0.0718. The molecule has 0 spiro atoms. The minimum Gasteiger partial charge on any atom is -0.466 e. The van der Waals surface area contributed by atoms with E-state index in [4.69, 9.17) is 47.9 Å². The lowest BCUT2D eigenvalue weighted by Crippen LogP contribution is -2.35. The third-order valence-electron chi connectivity index (χ3n) is 7.81. The summed E-state index contributed by atoms with van der Waals surface area (Å²) in [6.45, 7) is 3.64. The SMILES string of the molecule is COC(=O)C1=C(C)NC(COCCOCCN)=C(C(=O)OCCCC(C2CC2)C2CC2)[C@@H]1c1cccc(Cl)c1Cl. The van der Waals surface area contributed by atoms with Crippen LogP contribution in [0.25, 0.3) is 0 Å². The van der Waals surface area contributed by atoms with E-state index in [1.807, 2.05) is 0 Å². The Balaban J connectivity index is 1.58. The molecule has 2 saturated carbocycles. The maximum atomic E-state index is 13.8. The van der Waals surface area contributed by atoms with Gasteiger partial charge in [0.1, 0.15) is 0 Å². The normalized spacial score (nSPS) is 19.2. The zero-order chi connectivity index (χ0) is 28.6. The molecule has 0 amide bonds. The Kier molecular flexibility index (Phi) is 11.3. The Bertz CT molecular complexity index is 1120. The Hall–Kier alpha value is -2.10. The van der Waals surface area contributed by atoms with Crippen LogP contribution >= 0.6 is 23.2 Å². The lowest BCUT2D eigenvalue weighted by molar-refractivity contribution is -0.139. The highest BCUT2D eigenvalue weighted by atomic mass is 35.5. The van der Waals surface area contributed by atoms with E-state index in [2.05, 4.69) is 5.32 Å². The number of methoxy groups -OCH3 is 1. The maximum Gasteiger partial charge on any atom is 0.336 e. The van der Waals surface area contributed by atoms with Crippen LogP contribution in [-0.4, -0.2) is 58.6 Å². The number of hydrogen-bond acceptors (Lipinski definition) is 8. The molecule has 40 heavy (non-hydrogen) atoms. The first kappa shape index (κ1) is 30.8. The molecule has 0 bridgehead atoms. The predicted molar refractivity (Wildman–Crippen MR) is 154 cm³/mol. The summed E-state index contributed by atoms with van der Waals surface area (Å²) in [6, 6.07) is 5.15. The monoisotopic (exact) mass is 594 g/mol. The number of nitrogens with one attached hydrogen (secondary N) is 1. The number of allylic oxidation sites excluding steroid dienone is 1. The van der Waals surface area contributed by atoms with E-state index < -0.39 is 17.9 Å². The molecule has 0 radical (unpaired) electrons. The second kappa shape index (κ2) is 14.7. The van der Waals surface area contributed by atoms with Gasteiger partial charge in [-0.2, -0.15) is 0 Å². The molecule has 0 unspecified atom stereocenters. The molecule has 2 fully saturated rings. The molecule has 220 valence electrons. The van der Waals surface area contributed by atoms with E-state index in [0.717, 1.165) is 30.6 Å². The van der Waals surface area contributed by atoms with Gasteiger partial charge in [-0.15, -0.1) is 0 Å². The molecule has 1 atom stereocenters. The Morgan fingerprint density at radius 3 is 2.35 bits per heavy atom. The molecule has 2 aliphatic carbocycles. The number of nitrogens with two attached hydrogens (primary N) is 1. The van der Waals surface area contributed by atoms with Crippen LogP contribution in [0.5, 0.6) is 0 Å². The van der Waals surface area contributed by atoms with Crippen molar-refractivity contribution in [3.05, 3.63) is 56.3 Å². The van der Waals surface area contributed by atoms with Gasteiger partial charge in [0.05, 0.1) is 73.0 Å². The van der Waals surface area contributed by atoms with Crippen LogP contribution in [0.4, 0.5) is 0 Å². The molecular formula is C30H40Cl2N2O6. The van der Waals surface area contributed by atoms with E-state index in [-0.39, 0.29) is 22.8 Å². The Morgan fingerprint density at radius 2 is 1.70 bits per heavy atom. The summed E-state index contributed by atoms with van der Waals surface area (Å²) in [6.07, 6.45) is 7.16. The van der Waals surface area contributed by atoms with Crippen molar-refractivity contribution in [1.82, 2.24) is 5.32 Å². The predicted octanol–water partition coefficient (Wildman–Crippen LogP) is 5.13. The fourth-order valence-electron chi connectivity index (χ4n) is 5.63. The number of hydrogen-bond donors (Lipinski definition) is 2. The van der Waals surface area contributed by atoms with Crippen molar-refractivity contribution in [3.8, 4) is 0 Å². The van der Waals surface area contributed by atoms with E-state index in [9.17, 15) is 9.59 Å². The van der Waals surface area contributed by atoms with Crippen molar-refractivity contribution in [1.29, 1.82) is 0 Å². The second-order valence-electron chi connectivity index (χ2n) is 10.7. The molecule has 0 aromatic heterocycles. The van der Waals surface area contributed by atoms with E-state index in [0.29, 0.717) is 55.0 Å². The molecule has 3 aliphatic rings. The maximum absolute atomic E-state index is 13.8. The van der Waals surface area contributed by atoms with Crippen LogP contribution < -0.4 is 11.1 Å². The average molecular weight is 596 g/mol. The lowest BCUT2D eigenvalue weighted by Gasteiger charge is -2.32. The zero-order valence-electron chi connectivity index (χ0n) is 23.3. The number of rotatable bonds is 16. The van der Waals surface area contributed by atoms with Crippen LogP contribution in [0.15, 0.2) is 40.7 Å². The van der Waals surface area contributed by atoms with Crippen molar-refractivity contribution >= 4 is 35.1 Å². The first-order valence-electron chi connectivity index (χ1n) is 14.1. The van der Waals surface area contributed by atoms with Gasteiger partial charge < -0.3 is 30.0 Å². The standard InChI is InChI=1S/C30H40Cl2N2O6/c1-18-25(29(35)37-2)26(22-5-3-7-23(31)28(22)32)27(24(34-18)17-39-16-15-38-14-12-33)30(36)40-13-4-6-21(19-8-9-19)20-10-11-20/h3,5,7,19-21,26,34H,4,6,8-17,33H2,1-2H3/t26-/m1/s1. The van der Waals surface area contributed by atoms with Gasteiger partial charge in [-0.1, -0.05) is 35.3 Å². The number of esters is 2. The third kappa shape index (κ3) is 7.79. The van der Waals surface area contributed by atoms with Crippen LogP contribution in [-0.2, 0) is 28.5 Å². The van der Waals surface area contributed by atoms with Gasteiger partial charge in [0, 0.05) is 12.2 Å². The molecular weight excluding hydrogens is 555 g/mol. The summed E-state index contributed by atoms with van der Waals surface area (Å²) in [5.74, 6) is 0.463. The summed E-state index contributed by atoms with van der Waals surface area (Å²) in [5.41, 5.74) is 7.51.